The Hall–Kier alpha value is -2.88. The van der Waals surface area contributed by atoms with Crippen molar-refractivity contribution in [1.29, 1.82) is 0 Å². The highest BCUT2D eigenvalue weighted by atomic mass is 16.3. The van der Waals surface area contributed by atoms with Crippen LogP contribution in [-0.4, -0.2) is 10.2 Å². The first-order valence-electron chi connectivity index (χ1n) is 6.01. The lowest BCUT2D eigenvalue weighted by Gasteiger charge is -2.03. The lowest BCUT2D eigenvalue weighted by Crippen LogP contribution is -1.92. The Morgan fingerprint density at radius 1 is 0.700 bits per heavy atom. The Morgan fingerprint density at radius 2 is 1.05 bits per heavy atom. The SMILES string of the molecule is [NH]C(=Cc1ccccc1O)C([NH])=Cc1ccccc1O. The number of phenolic OH excluding ortho intramolecular Hbond substituents is 2. The standard InChI is InChI=1S/C16H14N2O2/c17-13(9-11-5-1-3-7-15(11)19)14(18)10-12-6-2-4-8-16(12)20/h1-10,17-20H. The monoisotopic (exact) mass is 266 g/mol. The van der Waals surface area contributed by atoms with E-state index in [4.69, 9.17) is 11.5 Å². The van der Waals surface area contributed by atoms with E-state index in [1.165, 1.54) is 24.3 Å². The Labute approximate surface area is 117 Å². The number of aromatic hydroxyl groups is 2. The first-order valence-corrected chi connectivity index (χ1v) is 6.01. The predicted octanol–water partition coefficient (Wildman–Crippen LogP) is 3.05. The van der Waals surface area contributed by atoms with Crippen LogP contribution in [0, 0.1) is 0 Å². The van der Waals surface area contributed by atoms with E-state index in [0.29, 0.717) is 11.1 Å². The average Bonchev–Trinajstić information content (AvgIpc) is 2.43. The van der Waals surface area contributed by atoms with Crippen molar-refractivity contribution in [3.8, 4) is 11.5 Å². The minimum absolute atomic E-state index is 0.0465. The summed E-state index contributed by atoms with van der Waals surface area (Å²) in [6, 6.07) is 13.2. The van der Waals surface area contributed by atoms with Crippen LogP contribution in [0.3, 0.4) is 0 Å². The van der Waals surface area contributed by atoms with Crippen LogP contribution in [0.5, 0.6) is 11.5 Å². The van der Waals surface area contributed by atoms with Crippen molar-refractivity contribution in [2.75, 3.05) is 0 Å². The van der Waals surface area contributed by atoms with Crippen molar-refractivity contribution < 1.29 is 10.2 Å². The highest BCUT2D eigenvalue weighted by Crippen LogP contribution is 2.22. The van der Waals surface area contributed by atoms with Crippen LogP contribution in [-0.2, 0) is 0 Å². The summed E-state index contributed by atoms with van der Waals surface area (Å²) in [6.07, 6.45) is 2.82. The molecule has 4 heteroatoms. The molecule has 0 aliphatic rings. The van der Waals surface area contributed by atoms with Crippen molar-refractivity contribution in [1.82, 2.24) is 11.5 Å². The van der Waals surface area contributed by atoms with Crippen LogP contribution in [0.15, 0.2) is 59.9 Å². The second-order valence-corrected chi connectivity index (χ2v) is 4.23. The van der Waals surface area contributed by atoms with Crippen LogP contribution >= 0.6 is 0 Å². The van der Waals surface area contributed by atoms with Gasteiger partial charge in [0.05, 0.1) is 11.4 Å². The highest BCUT2D eigenvalue weighted by Gasteiger charge is 2.03. The summed E-state index contributed by atoms with van der Waals surface area (Å²) in [4.78, 5) is 0. The summed E-state index contributed by atoms with van der Waals surface area (Å²) in [5.41, 5.74) is 16.6. The van der Waals surface area contributed by atoms with Gasteiger partial charge in [-0.2, -0.15) is 0 Å². The maximum Gasteiger partial charge on any atom is 0.122 e. The minimum atomic E-state index is -0.0465. The molecule has 2 radical (unpaired) electrons. The van der Waals surface area contributed by atoms with E-state index in [0.717, 1.165) is 0 Å². The van der Waals surface area contributed by atoms with Gasteiger partial charge in [-0.1, -0.05) is 36.4 Å². The molecular weight excluding hydrogens is 252 g/mol. The van der Waals surface area contributed by atoms with Crippen molar-refractivity contribution in [2.24, 2.45) is 0 Å². The van der Waals surface area contributed by atoms with Gasteiger partial charge in [0, 0.05) is 11.1 Å². The topological polar surface area (TPSA) is 88.1 Å². The Bertz CT molecular complexity index is 616. The third-order valence-electron chi connectivity index (χ3n) is 2.76. The van der Waals surface area contributed by atoms with Gasteiger partial charge in [-0.3, -0.25) is 11.5 Å². The van der Waals surface area contributed by atoms with E-state index in [-0.39, 0.29) is 22.9 Å². The fourth-order valence-electron chi connectivity index (χ4n) is 1.69. The zero-order chi connectivity index (χ0) is 14.5. The summed E-state index contributed by atoms with van der Waals surface area (Å²) in [7, 11) is 0. The van der Waals surface area contributed by atoms with Gasteiger partial charge in [-0.15, -0.1) is 0 Å². The predicted molar refractivity (Wildman–Crippen MR) is 78.4 cm³/mol. The Balaban J connectivity index is 2.32. The van der Waals surface area contributed by atoms with Crippen molar-refractivity contribution in [2.45, 2.75) is 0 Å². The molecule has 0 saturated heterocycles. The zero-order valence-electron chi connectivity index (χ0n) is 10.7. The lowest BCUT2D eigenvalue weighted by atomic mass is 10.1. The molecule has 0 amide bonds. The van der Waals surface area contributed by atoms with E-state index in [1.54, 1.807) is 36.4 Å². The molecule has 2 aromatic carbocycles. The first kappa shape index (κ1) is 13.5. The number of phenols is 2. The van der Waals surface area contributed by atoms with Gasteiger partial charge in [0.1, 0.15) is 11.5 Å². The molecule has 0 bridgehead atoms. The van der Waals surface area contributed by atoms with Crippen LogP contribution in [0.1, 0.15) is 11.1 Å². The number of nitrogens with one attached hydrogen (secondary N) is 2. The first-order chi connectivity index (χ1) is 9.58. The largest absolute Gasteiger partial charge is 0.507 e. The number of hydrogen-bond acceptors (Lipinski definition) is 2. The molecule has 20 heavy (non-hydrogen) atoms. The van der Waals surface area contributed by atoms with Gasteiger partial charge in [0.25, 0.3) is 0 Å². The van der Waals surface area contributed by atoms with E-state index >= 15 is 0 Å². The van der Waals surface area contributed by atoms with Crippen molar-refractivity contribution >= 4 is 12.2 Å². The summed E-state index contributed by atoms with van der Waals surface area (Å²) in [5, 5.41) is 19.3. The summed E-state index contributed by atoms with van der Waals surface area (Å²) in [6.45, 7) is 0. The molecule has 0 saturated carbocycles. The van der Waals surface area contributed by atoms with Gasteiger partial charge >= 0.3 is 0 Å². The molecule has 0 aromatic heterocycles. The lowest BCUT2D eigenvalue weighted by molar-refractivity contribution is 0.473. The number of rotatable bonds is 3. The summed E-state index contributed by atoms with van der Waals surface area (Å²) < 4.78 is 0. The fourth-order valence-corrected chi connectivity index (χ4v) is 1.69. The fraction of sp³-hybridized carbons (Fsp3) is 0. The number of hydrogen-bond donors (Lipinski definition) is 2. The molecule has 100 valence electrons. The molecule has 0 heterocycles. The van der Waals surface area contributed by atoms with Crippen molar-refractivity contribution in [3.05, 3.63) is 71.1 Å². The minimum Gasteiger partial charge on any atom is -0.507 e. The average molecular weight is 266 g/mol. The van der Waals surface area contributed by atoms with E-state index in [2.05, 4.69) is 0 Å². The molecule has 0 atom stereocenters. The molecular formula is C16H14N2O2. The Morgan fingerprint density at radius 3 is 1.40 bits per heavy atom. The highest BCUT2D eigenvalue weighted by molar-refractivity contribution is 5.68. The quantitative estimate of drug-likeness (QED) is 0.836. The Kier molecular flexibility index (Phi) is 3.96. The van der Waals surface area contributed by atoms with Crippen LogP contribution in [0.25, 0.3) is 12.2 Å². The summed E-state index contributed by atoms with van der Waals surface area (Å²) in [5.74, 6) is 0.125. The van der Waals surface area contributed by atoms with E-state index in [1.807, 2.05) is 0 Å². The second kappa shape index (κ2) is 5.84. The normalized spacial score (nSPS) is 12.4. The van der Waals surface area contributed by atoms with E-state index < -0.39 is 0 Å². The number of para-hydroxylation sites is 2. The molecule has 0 aliphatic carbocycles. The maximum atomic E-state index is 9.63. The van der Waals surface area contributed by atoms with Gasteiger partial charge in [-0.05, 0) is 24.3 Å². The maximum absolute atomic E-state index is 9.63. The molecule has 2 rings (SSSR count). The van der Waals surface area contributed by atoms with Crippen molar-refractivity contribution in [3.63, 3.8) is 0 Å². The molecule has 4 nitrogen and oxygen atoms in total. The molecule has 2 aromatic rings. The third kappa shape index (κ3) is 3.11. The molecule has 0 unspecified atom stereocenters. The van der Waals surface area contributed by atoms with Gasteiger partial charge in [0.15, 0.2) is 0 Å². The molecule has 4 N–H and O–H groups in total. The second-order valence-electron chi connectivity index (χ2n) is 4.23. The van der Waals surface area contributed by atoms with Crippen LogP contribution in [0.4, 0.5) is 0 Å². The molecule has 0 spiro atoms. The zero-order valence-corrected chi connectivity index (χ0v) is 10.7. The number of benzene rings is 2. The van der Waals surface area contributed by atoms with Gasteiger partial charge in [-0.25, -0.2) is 0 Å². The van der Waals surface area contributed by atoms with E-state index in [9.17, 15) is 10.2 Å². The van der Waals surface area contributed by atoms with Crippen LogP contribution in [0.2, 0.25) is 0 Å². The third-order valence-corrected chi connectivity index (χ3v) is 2.76. The van der Waals surface area contributed by atoms with Gasteiger partial charge < -0.3 is 10.2 Å². The summed E-state index contributed by atoms with van der Waals surface area (Å²) >= 11 is 0. The molecule has 0 aliphatic heterocycles. The molecule has 0 fully saturated rings. The van der Waals surface area contributed by atoms with Crippen LogP contribution < -0.4 is 11.5 Å². The van der Waals surface area contributed by atoms with Gasteiger partial charge in [0.2, 0.25) is 0 Å². The smallest absolute Gasteiger partial charge is 0.122 e.